The lowest BCUT2D eigenvalue weighted by atomic mass is 9.74. The van der Waals surface area contributed by atoms with Crippen LogP contribution in [0.25, 0.3) is 0 Å². The van der Waals surface area contributed by atoms with Gasteiger partial charge < -0.3 is 9.53 Å². The van der Waals surface area contributed by atoms with E-state index >= 15 is 0 Å². The Hall–Kier alpha value is -0.973. The first-order valence-corrected chi connectivity index (χ1v) is 16.5. The second-order valence-electron chi connectivity index (χ2n) is 12.7. The minimum absolute atomic E-state index is 0.0118. The normalized spacial score (nSPS) is 19.4. The summed E-state index contributed by atoms with van der Waals surface area (Å²) < 4.78 is 47.2. The van der Waals surface area contributed by atoms with E-state index in [9.17, 15) is 18.3 Å². The number of rotatable bonds is 5. The van der Waals surface area contributed by atoms with E-state index in [-0.39, 0.29) is 22.5 Å². The molecule has 1 aromatic heterocycles. The molecule has 3 nitrogen and oxygen atoms in total. The highest BCUT2D eigenvalue weighted by atomic mass is 127. The second-order valence-corrected chi connectivity index (χ2v) is 18.5. The molecule has 0 saturated carbocycles. The van der Waals surface area contributed by atoms with Gasteiger partial charge in [0.25, 0.3) is 0 Å². The summed E-state index contributed by atoms with van der Waals surface area (Å²) in [7, 11) is -2.11. The van der Waals surface area contributed by atoms with E-state index in [2.05, 4.69) is 70.3 Å². The molecule has 1 aliphatic rings. The van der Waals surface area contributed by atoms with Gasteiger partial charge in [0.15, 0.2) is 8.32 Å². The summed E-state index contributed by atoms with van der Waals surface area (Å²) >= 11 is 2.30. The van der Waals surface area contributed by atoms with Crippen LogP contribution in [0.4, 0.5) is 13.2 Å². The fraction of sp³-hybridized carbons (Fsp3) is 0.607. The molecule has 8 heteroatoms. The summed E-state index contributed by atoms with van der Waals surface area (Å²) in [5.41, 5.74) is 3.20. The van der Waals surface area contributed by atoms with E-state index < -0.39 is 26.2 Å². The number of aliphatic hydroxyl groups excluding tert-OH is 1. The molecule has 0 bridgehead atoms. The topological polar surface area (TPSA) is 42.4 Å². The van der Waals surface area contributed by atoms with E-state index in [1.54, 1.807) is 0 Å². The van der Waals surface area contributed by atoms with Crippen molar-refractivity contribution in [1.29, 1.82) is 0 Å². The highest BCUT2D eigenvalue weighted by Gasteiger charge is 2.44. The Balaban J connectivity index is 2.18. The van der Waals surface area contributed by atoms with Crippen molar-refractivity contribution in [2.24, 2.45) is 5.41 Å². The maximum Gasteiger partial charge on any atom is 0.416 e. The quantitative estimate of drug-likeness (QED) is 0.264. The Bertz CT molecular complexity index is 1110. The third kappa shape index (κ3) is 6.02. The van der Waals surface area contributed by atoms with Gasteiger partial charge in [-0.15, -0.1) is 0 Å². The minimum Gasteiger partial charge on any atom is -0.410 e. The number of pyridine rings is 1. The Morgan fingerprint density at radius 3 is 2.14 bits per heavy atom. The molecule has 2 atom stereocenters. The first-order chi connectivity index (χ1) is 16.2. The smallest absolute Gasteiger partial charge is 0.410 e. The molecule has 36 heavy (non-hydrogen) atoms. The third-order valence-electron chi connectivity index (χ3n) is 7.64. The summed E-state index contributed by atoms with van der Waals surface area (Å²) in [6.07, 6.45) is -4.00. The number of benzene rings is 1. The molecule has 1 unspecified atom stereocenters. The van der Waals surface area contributed by atoms with Gasteiger partial charge in [-0.3, -0.25) is 4.98 Å². The van der Waals surface area contributed by atoms with Crippen molar-refractivity contribution in [3.63, 3.8) is 0 Å². The monoisotopic (exact) mass is 633 g/mol. The number of halogens is 4. The van der Waals surface area contributed by atoms with Crippen molar-refractivity contribution in [2.45, 2.75) is 104 Å². The summed E-state index contributed by atoms with van der Waals surface area (Å²) in [6, 6.07) is 4.77. The van der Waals surface area contributed by atoms with E-state index in [1.165, 1.54) is 12.1 Å². The minimum atomic E-state index is -4.42. The number of hydrogen-bond acceptors (Lipinski definition) is 3. The predicted molar refractivity (Wildman–Crippen MR) is 150 cm³/mol. The van der Waals surface area contributed by atoms with E-state index in [4.69, 9.17) is 9.41 Å². The van der Waals surface area contributed by atoms with Crippen LogP contribution in [0.1, 0.15) is 107 Å². The zero-order chi connectivity index (χ0) is 27.4. The average Bonchev–Trinajstić information content (AvgIpc) is 2.70. The molecular formula is C28H39F3INO2Si. The lowest BCUT2D eigenvalue weighted by Crippen LogP contribution is -2.44. The molecule has 0 fully saturated rings. The molecular weight excluding hydrogens is 594 g/mol. The SMILES string of the molecule is CC(C)c1nc2c(c(I)c1C(O)c1ccc(C(F)(F)F)cc1)[C@H](O[Si](C)(C)C(C)(C)C)CC(C)(C)C2. The average molecular weight is 634 g/mol. The van der Waals surface area contributed by atoms with Crippen LogP contribution in [0.2, 0.25) is 18.1 Å². The van der Waals surface area contributed by atoms with Gasteiger partial charge in [-0.25, -0.2) is 0 Å². The zero-order valence-electron chi connectivity index (χ0n) is 22.8. The molecule has 0 radical (unpaired) electrons. The summed E-state index contributed by atoms with van der Waals surface area (Å²) in [5.74, 6) is 0.0349. The fourth-order valence-corrected chi connectivity index (χ4v) is 7.09. The van der Waals surface area contributed by atoms with Gasteiger partial charge >= 0.3 is 6.18 Å². The standard InChI is InChI=1S/C28H39F3INO2Si/c1-16(2)24-22(25(34)17-10-12-18(13-11-17)28(29,30)31)23(32)21-19(33-24)14-27(6,7)15-20(21)35-36(8,9)26(3,4)5/h10-13,16,20,25,34H,14-15H2,1-9H3/t20-,25?/m1/s1. The summed E-state index contributed by atoms with van der Waals surface area (Å²) in [4.78, 5) is 5.11. The Morgan fingerprint density at radius 1 is 1.11 bits per heavy atom. The molecule has 0 amide bonds. The van der Waals surface area contributed by atoms with Crippen molar-refractivity contribution in [3.8, 4) is 0 Å². The molecule has 1 heterocycles. The van der Waals surface area contributed by atoms with Gasteiger partial charge in [0.2, 0.25) is 0 Å². The van der Waals surface area contributed by atoms with Crippen molar-refractivity contribution in [1.82, 2.24) is 4.98 Å². The molecule has 3 rings (SSSR count). The van der Waals surface area contributed by atoms with Crippen LogP contribution < -0.4 is 0 Å². The highest BCUT2D eigenvalue weighted by Crippen LogP contribution is 2.50. The third-order valence-corrected chi connectivity index (χ3v) is 13.3. The van der Waals surface area contributed by atoms with E-state index in [0.717, 1.165) is 45.5 Å². The van der Waals surface area contributed by atoms with Gasteiger partial charge in [0.05, 0.1) is 17.4 Å². The molecule has 1 aromatic carbocycles. The molecule has 200 valence electrons. The van der Waals surface area contributed by atoms with Crippen molar-refractivity contribution in [2.75, 3.05) is 0 Å². The number of alkyl halides is 3. The number of nitrogens with zero attached hydrogens (tertiary/aromatic N) is 1. The molecule has 1 aliphatic carbocycles. The molecule has 0 saturated heterocycles. The summed E-state index contributed by atoms with van der Waals surface area (Å²) in [5, 5.41) is 11.5. The second kappa shape index (κ2) is 9.97. The zero-order valence-corrected chi connectivity index (χ0v) is 25.9. The van der Waals surface area contributed by atoms with Crippen molar-refractivity contribution in [3.05, 3.63) is 61.5 Å². The molecule has 0 aliphatic heterocycles. The number of aliphatic hydroxyl groups is 1. The summed E-state index contributed by atoms with van der Waals surface area (Å²) in [6.45, 7) is 19.7. The van der Waals surface area contributed by atoms with Crippen LogP contribution in [0.15, 0.2) is 24.3 Å². The fourth-order valence-electron chi connectivity index (χ4n) is 4.60. The van der Waals surface area contributed by atoms with Crippen molar-refractivity contribution >= 4 is 30.9 Å². The van der Waals surface area contributed by atoms with Crippen LogP contribution in [-0.2, 0) is 17.0 Å². The van der Waals surface area contributed by atoms with Gasteiger partial charge in [-0.05, 0) is 82.6 Å². The van der Waals surface area contributed by atoms with Crippen LogP contribution >= 0.6 is 22.6 Å². The van der Waals surface area contributed by atoms with Crippen molar-refractivity contribution < 1.29 is 22.7 Å². The highest BCUT2D eigenvalue weighted by molar-refractivity contribution is 14.1. The van der Waals surface area contributed by atoms with Crippen LogP contribution in [0, 0.1) is 8.99 Å². The predicted octanol–water partition coefficient (Wildman–Crippen LogP) is 8.95. The van der Waals surface area contributed by atoms with Crippen LogP contribution in [-0.4, -0.2) is 18.4 Å². The Labute approximate surface area is 228 Å². The largest absolute Gasteiger partial charge is 0.416 e. The van der Waals surface area contributed by atoms with E-state index in [1.807, 2.05) is 13.8 Å². The van der Waals surface area contributed by atoms with Gasteiger partial charge in [-0.2, -0.15) is 13.2 Å². The van der Waals surface area contributed by atoms with Gasteiger partial charge in [-0.1, -0.05) is 60.6 Å². The lowest BCUT2D eigenvalue weighted by molar-refractivity contribution is -0.137. The van der Waals surface area contributed by atoms with Crippen LogP contribution in [0.3, 0.4) is 0 Å². The first-order valence-electron chi connectivity index (χ1n) is 12.5. The van der Waals surface area contributed by atoms with Gasteiger partial charge in [0, 0.05) is 20.4 Å². The first kappa shape index (κ1) is 29.6. The molecule has 1 N–H and O–H groups in total. The maximum absolute atomic E-state index is 13.1. The molecule has 0 spiro atoms. The number of fused-ring (bicyclic) bond motifs is 1. The molecule has 2 aromatic rings. The van der Waals surface area contributed by atoms with E-state index in [0.29, 0.717) is 11.1 Å². The maximum atomic E-state index is 13.1. The number of hydrogen-bond donors (Lipinski definition) is 1. The van der Waals surface area contributed by atoms with Gasteiger partial charge in [0.1, 0.15) is 6.10 Å². The Morgan fingerprint density at radius 2 is 1.67 bits per heavy atom. The Kier molecular flexibility index (Phi) is 8.19. The lowest BCUT2D eigenvalue weighted by Gasteiger charge is -2.44. The van der Waals surface area contributed by atoms with Crippen LogP contribution in [0.5, 0.6) is 0 Å². The number of aromatic nitrogens is 1.